The predicted molar refractivity (Wildman–Crippen MR) is 99.1 cm³/mol. The lowest BCUT2D eigenvalue weighted by molar-refractivity contribution is -0.137. The number of halogens is 3. The summed E-state index contributed by atoms with van der Waals surface area (Å²) in [6.07, 6.45) is -0.0767. The maximum Gasteiger partial charge on any atom is 0.416 e. The van der Waals surface area contributed by atoms with Crippen LogP contribution in [-0.2, 0) is 11.0 Å². The minimum Gasteiger partial charge on any atom is -0.507 e. The molecule has 29 heavy (non-hydrogen) atoms. The molecule has 7 nitrogen and oxygen atoms in total. The summed E-state index contributed by atoms with van der Waals surface area (Å²) >= 11 is 0. The van der Waals surface area contributed by atoms with Gasteiger partial charge in [0.15, 0.2) is 5.82 Å². The molecule has 0 spiro atoms. The number of amides is 1. The maximum absolute atomic E-state index is 12.9. The van der Waals surface area contributed by atoms with Crippen molar-refractivity contribution in [1.29, 1.82) is 0 Å². The first kappa shape index (κ1) is 18.9. The number of hydrogen-bond acceptors (Lipinski definition) is 6. The van der Waals surface area contributed by atoms with E-state index >= 15 is 0 Å². The number of aromatic nitrogens is 3. The topological polar surface area (TPSA) is 100 Å². The first-order valence-corrected chi connectivity index (χ1v) is 8.90. The Labute approximate surface area is 163 Å². The third-order valence-corrected chi connectivity index (χ3v) is 4.76. The van der Waals surface area contributed by atoms with Crippen LogP contribution in [0.2, 0.25) is 0 Å². The number of hydrogen-bond donors (Lipinski definition) is 3. The molecule has 3 N–H and O–H groups in total. The molecule has 2 aromatic heterocycles. The molecule has 4 rings (SSSR count). The molecule has 0 radical (unpaired) electrons. The zero-order valence-electron chi connectivity index (χ0n) is 15.0. The number of nitrogens with zero attached hydrogens (tertiary/aromatic N) is 3. The average Bonchev–Trinajstić information content (AvgIpc) is 2.69. The molecule has 0 bridgehead atoms. The standard InChI is InChI=1S/C19H16F3N5O2/c20-19(21,22)10-3-4-12(15(28)8-10)16-11-5-7-23-9-13(11)17(27-26-16)25-14-2-1-6-24-18(14)29/h3-5,7-9,14,28H,1-2,6H2,(H,24,29)(H,25,27). The molecule has 0 saturated carbocycles. The van der Waals surface area contributed by atoms with Crippen LogP contribution >= 0.6 is 0 Å². The highest BCUT2D eigenvalue weighted by Gasteiger charge is 2.31. The number of phenolic OH excluding ortho intramolecular Hbond substituents is 1. The predicted octanol–water partition coefficient (Wildman–Crippen LogP) is 3.11. The molecule has 1 amide bonds. The van der Waals surface area contributed by atoms with Gasteiger partial charge in [-0.25, -0.2) is 0 Å². The SMILES string of the molecule is O=C1NCCCC1Nc1nnc(-c2ccc(C(F)(F)F)cc2O)c2ccncc12. The third kappa shape index (κ3) is 3.65. The van der Waals surface area contributed by atoms with E-state index in [1.165, 1.54) is 12.4 Å². The molecule has 1 unspecified atom stereocenters. The highest BCUT2D eigenvalue weighted by Crippen LogP contribution is 2.38. The van der Waals surface area contributed by atoms with Gasteiger partial charge in [-0.2, -0.15) is 13.2 Å². The summed E-state index contributed by atoms with van der Waals surface area (Å²) in [4.78, 5) is 16.1. The Morgan fingerprint density at radius 1 is 1.17 bits per heavy atom. The van der Waals surface area contributed by atoms with E-state index in [0.717, 1.165) is 18.6 Å². The lowest BCUT2D eigenvalue weighted by Crippen LogP contribution is -2.44. The number of nitrogens with one attached hydrogen (secondary N) is 2. The van der Waals surface area contributed by atoms with Gasteiger partial charge in [-0.05, 0) is 37.1 Å². The van der Waals surface area contributed by atoms with E-state index in [2.05, 4.69) is 25.8 Å². The number of benzene rings is 1. The Morgan fingerprint density at radius 2 is 2.00 bits per heavy atom. The number of phenols is 1. The minimum atomic E-state index is -4.57. The maximum atomic E-state index is 12.9. The fourth-order valence-electron chi connectivity index (χ4n) is 3.29. The molecule has 1 saturated heterocycles. The van der Waals surface area contributed by atoms with Gasteiger partial charge in [0.2, 0.25) is 5.91 Å². The van der Waals surface area contributed by atoms with Gasteiger partial charge in [-0.1, -0.05) is 0 Å². The monoisotopic (exact) mass is 403 g/mol. The van der Waals surface area contributed by atoms with Crippen LogP contribution in [0.4, 0.5) is 19.0 Å². The summed E-state index contributed by atoms with van der Waals surface area (Å²) < 4.78 is 38.6. The second-order valence-electron chi connectivity index (χ2n) is 6.68. The molecule has 1 atom stereocenters. The van der Waals surface area contributed by atoms with E-state index in [4.69, 9.17) is 0 Å². The van der Waals surface area contributed by atoms with Crippen molar-refractivity contribution in [3.8, 4) is 17.0 Å². The normalized spacial score (nSPS) is 17.2. The van der Waals surface area contributed by atoms with Crippen molar-refractivity contribution in [2.75, 3.05) is 11.9 Å². The summed E-state index contributed by atoms with van der Waals surface area (Å²) in [5.74, 6) is -0.357. The molecule has 3 heterocycles. The Hall–Kier alpha value is -3.43. The van der Waals surface area contributed by atoms with Crippen LogP contribution in [0.5, 0.6) is 5.75 Å². The minimum absolute atomic E-state index is 0.114. The summed E-state index contributed by atoms with van der Waals surface area (Å²) in [5, 5.41) is 25.3. The largest absolute Gasteiger partial charge is 0.507 e. The second kappa shape index (κ2) is 7.19. The number of alkyl halides is 3. The first-order chi connectivity index (χ1) is 13.8. The molecular weight excluding hydrogens is 387 g/mol. The van der Waals surface area contributed by atoms with Crippen LogP contribution in [0, 0.1) is 0 Å². The van der Waals surface area contributed by atoms with Crippen LogP contribution in [0.15, 0.2) is 36.7 Å². The Balaban J connectivity index is 1.77. The fourth-order valence-corrected chi connectivity index (χ4v) is 3.29. The molecule has 1 aliphatic heterocycles. The number of fused-ring (bicyclic) bond motifs is 1. The summed E-state index contributed by atoms with van der Waals surface area (Å²) in [5.41, 5.74) is -0.629. The number of rotatable bonds is 3. The van der Waals surface area contributed by atoms with Crippen molar-refractivity contribution in [3.63, 3.8) is 0 Å². The number of anilines is 1. The van der Waals surface area contributed by atoms with Gasteiger partial charge in [0.05, 0.1) is 5.56 Å². The third-order valence-electron chi connectivity index (χ3n) is 4.76. The molecule has 1 aromatic carbocycles. The lowest BCUT2D eigenvalue weighted by Gasteiger charge is -2.23. The van der Waals surface area contributed by atoms with Gasteiger partial charge in [0, 0.05) is 35.3 Å². The number of aromatic hydroxyl groups is 1. The van der Waals surface area contributed by atoms with Crippen molar-refractivity contribution in [3.05, 3.63) is 42.2 Å². The first-order valence-electron chi connectivity index (χ1n) is 8.90. The van der Waals surface area contributed by atoms with E-state index in [0.29, 0.717) is 35.6 Å². The summed E-state index contributed by atoms with van der Waals surface area (Å²) in [7, 11) is 0. The number of carbonyl (C=O) groups excluding carboxylic acids is 1. The molecule has 1 fully saturated rings. The van der Waals surface area contributed by atoms with Crippen LogP contribution in [0.1, 0.15) is 18.4 Å². The smallest absolute Gasteiger partial charge is 0.416 e. The summed E-state index contributed by atoms with van der Waals surface area (Å²) in [6.45, 7) is 0.622. The molecule has 150 valence electrons. The Bertz CT molecular complexity index is 1090. The fraction of sp³-hybridized carbons (Fsp3) is 0.263. The van der Waals surface area contributed by atoms with Crippen molar-refractivity contribution in [2.24, 2.45) is 0 Å². The van der Waals surface area contributed by atoms with E-state index in [1.807, 2.05) is 0 Å². The number of carbonyl (C=O) groups is 1. The van der Waals surface area contributed by atoms with Crippen LogP contribution in [0.25, 0.3) is 22.0 Å². The van der Waals surface area contributed by atoms with Gasteiger partial charge in [0.1, 0.15) is 17.5 Å². The Morgan fingerprint density at radius 3 is 2.72 bits per heavy atom. The molecule has 3 aromatic rings. The van der Waals surface area contributed by atoms with Crippen molar-refractivity contribution >= 4 is 22.5 Å². The molecule has 10 heteroatoms. The average molecular weight is 403 g/mol. The van der Waals surface area contributed by atoms with Crippen LogP contribution < -0.4 is 10.6 Å². The lowest BCUT2D eigenvalue weighted by atomic mass is 10.0. The van der Waals surface area contributed by atoms with Crippen molar-refractivity contribution < 1.29 is 23.1 Å². The highest BCUT2D eigenvalue weighted by atomic mass is 19.4. The molecule has 0 aliphatic carbocycles. The van der Waals surface area contributed by atoms with Gasteiger partial charge in [0.25, 0.3) is 0 Å². The number of pyridine rings is 1. The van der Waals surface area contributed by atoms with Crippen LogP contribution in [-0.4, -0.2) is 38.8 Å². The van der Waals surface area contributed by atoms with Gasteiger partial charge < -0.3 is 15.7 Å². The van der Waals surface area contributed by atoms with Crippen molar-refractivity contribution in [2.45, 2.75) is 25.1 Å². The zero-order chi connectivity index (χ0) is 20.6. The quantitative estimate of drug-likeness (QED) is 0.622. The Kier molecular flexibility index (Phi) is 4.69. The van der Waals surface area contributed by atoms with Crippen LogP contribution in [0.3, 0.4) is 0 Å². The zero-order valence-corrected chi connectivity index (χ0v) is 15.0. The van der Waals surface area contributed by atoms with E-state index in [1.54, 1.807) is 6.07 Å². The van der Waals surface area contributed by atoms with Gasteiger partial charge in [-0.15, -0.1) is 10.2 Å². The molecular formula is C19H16F3N5O2. The van der Waals surface area contributed by atoms with E-state index < -0.39 is 23.5 Å². The van der Waals surface area contributed by atoms with E-state index in [9.17, 15) is 23.1 Å². The second-order valence-corrected chi connectivity index (χ2v) is 6.68. The molecule has 1 aliphatic rings. The van der Waals surface area contributed by atoms with E-state index in [-0.39, 0.29) is 17.2 Å². The van der Waals surface area contributed by atoms with Gasteiger partial charge >= 0.3 is 6.18 Å². The number of piperidine rings is 1. The van der Waals surface area contributed by atoms with Gasteiger partial charge in [-0.3, -0.25) is 9.78 Å². The summed E-state index contributed by atoms with van der Waals surface area (Å²) in [6, 6.07) is 3.85. The highest BCUT2D eigenvalue weighted by molar-refractivity contribution is 6.01. The van der Waals surface area contributed by atoms with Crippen molar-refractivity contribution in [1.82, 2.24) is 20.5 Å².